The third-order valence-electron chi connectivity index (χ3n) is 4.47. The van der Waals surface area contributed by atoms with Gasteiger partial charge in [-0.1, -0.05) is 63.1 Å². The molecule has 4 N–H and O–H groups in total. The van der Waals surface area contributed by atoms with E-state index in [1.165, 1.54) is 53.5 Å². The number of rotatable bonds is 7. The van der Waals surface area contributed by atoms with Crippen molar-refractivity contribution in [2.75, 3.05) is 12.3 Å². The van der Waals surface area contributed by atoms with Crippen LogP contribution in [0.5, 0.6) is 0 Å². The maximum atomic E-state index is 5.96. The lowest BCUT2D eigenvalue weighted by Gasteiger charge is -2.12. The van der Waals surface area contributed by atoms with E-state index in [1.54, 1.807) is 0 Å². The first-order chi connectivity index (χ1) is 12.5. The molecule has 2 heteroatoms. The summed E-state index contributed by atoms with van der Waals surface area (Å²) in [6, 6.07) is 15.2. The number of allylic oxidation sites excluding steroid dienone is 2. The average molecular weight is 353 g/mol. The molecule has 0 aliphatic rings. The van der Waals surface area contributed by atoms with Gasteiger partial charge in [-0.3, -0.25) is 0 Å². The summed E-state index contributed by atoms with van der Waals surface area (Å²) in [5, 5.41) is 0. The molecule has 142 valence electrons. The zero-order chi connectivity index (χ0) is 19.4. The van der Waals surface area contributed by atoms with Crippen LogP contribution in [0.2, 0.25) is 0 Å². The quantitative estimate of drug-likeness (QED) is 0.480. The van der Waals surface area contributed by atoms with Gasteiger partial charge in [0.1, 0.15) is 0 Å². The van der Waals surface area contributed by atoms with Gasteiger partial charge in [-0.05, 0) is 79.6 Å². The minimum absolute atomic E-state index is 0.750. The largest absolute Gasteiger partial charge is 0.399 e. The molecule has 0 fully saturated rings. The van der Waals surface area contributed by atoms with E-state index >= 15 is 0 Å². The van der Waals surface area contributed by atoms with Crippen LogP contribution in [0.1, 0.15) is 62.3 Å². The highest BCUT2D eigenvalue weighted by Gasteiger charge is 2.06. The Morgan fingerprint density at radius 2 is 1.77 bits per heavy atom. The molecule has 0 bridgehead atoms. The first-order valence-corrected chi connectivity index (χ1v) is 9.85. The standard InChI is InChI=1S/C22H29N.C2H7N/c1-4-6-7-9-18-10-8-11-20(14-18)19(5-2)15-21-16-22(23)13-12-17(21)3;1-2-3/h5,8,10-14,16H,4,6-7,9,15,23H2,1-3H3;2-3H2,1H3/b19-5+;. The van der Waals surface area contributed by atoms with Crippen LogP contribution in [0.25, 0.3) is 5.57 Å². The second kappa shape index (κ2) is 12.3. The predicted octanol–water partition coefficient (Wildman–Crippen LogP) is 5.92. The number of aryl methyl sites for hydroxylation is 2. The maximum absolute atomic E-state index is 5.96. The molecule has 2 aromatic carbocycles. The van der Waals surface area contributed by atoms with Crippen LogP contribution < -0.4 is 11.5 Å². The van der Waals surface area contributed by atoms with Gasteiger partial charge in [0.25, 0.3) is 0 Å². The van der Waals surface area contributed by atoms with Crippen molar-refractivity contribution in [3.8, 4) is 0 Å². The molecule has 0 aromatic heterocycles. The van der Waals surface area contributed by atoms with Crippen LogP contribution in [0.4, 0.5) is 5.69 Å². The molecule has 0 atom stereocenters. The number of anilines is 1. The Hall–Kier alpha value is -2.06. The summed E-state index contributed by atoms with van der Waals surface area (Å²) < 4.78 is 0. The normalized spacial score (nSPS) is 11.0. The van der Waals surface area contributed by atoms with Gasteiger partial charge in [0.15, 0.2) is 0 Å². The lowest BCUT2D eigenvalue weighted by molar-refractivity contribution is 0.717. The zero-order valence-corrected chi connectivity index (χ0v) is 17.0. The summed E-state index contributed by atoms with van der Waals surface area (Å²) in [5.74, 6) is 0. The van der Waals surface area contributed by atoms with Crippen molar-refractivity contribution in [1.29, 1.82) is 0 Å². The molecule has 2 nitrogen and oxygen atoms in total. The molecule has 0 heterocycles. The Labute approximate surface area is 160 Å². The van der Waals surface area contributed by atoms with Gasteiger partial charge >= 0.3 is 0 Å². The molecule has 0 aliphatic carbocycles. The summed E-state index contributed by atoms with van der Waals surface area (Å²) >= 11 is 0. The third kappa shape index (κ3) is 7.45. The lowest BCUT2D eigenvalue weighted by Crippen LogP contribution is -1.97. The molecular formula is C24H36N2. The van der Waals surface area contributed by atoms with E-state index < -0.39 is 0 Å². The molecule has 0 saturated heterocycles. The second-order valence-electron chi connectivity index (χ2n) is 6.74. The van der Waals surface area contributed by atoms with Crippen molar-refractivity contribution >= 4 is 11.3 Å². The Balaban J connectivity index is 0.00000105. The fraction of sp³-hybridized carbons (Fsp3) is 0.417. The van der Waals surface area contributed by atoms with Crippen LogP contribution in [0.3, 0.4) is 0 Å². The van der Waals surface area contributed by atoms with Crippen LogP contribution >= 0.6 is 0 Å². The van der Waals surface area contributed by atoms with Gasteiger partial charge in [0, 0.05) is 5.69 Å². The molecule has 0 amide bonds. The van der Waals surface area contributed by atoms with Crippen LogP contribution in [-0.2, 0) is 12.8 Å². The van der Waals surface area contributed by atoms with E-state index in [0.29, 0.717) is 0 Å². The van der Waals surface area contributed by atoms with Gasteiger partial charge in [0.05, 0.1) is 0 Å². The van der Waals surface area contributed by atoms with Crippen LogP contribution in [0.15, 0.2) is 48.5 Å². The minimum Gasteiger partial charge on any atom is -0.399 e. The third-order valence-corrected chi connectivity index (χ3v) is 4.47. The number of hydrogen-bond donors (Lipinski definition) is 2. The fourth-order valence-electron chi connectivity index (χ4n) is 2.96. The Kier molecular flexibility index (Phi) is 10.4. The Morgan fingerprint density at radius 3 is 2.42 bits per heavy atom. The fourth-order valence-corrected chi connectivity index (χ4v) is 2.96. The first-order valence-electron chi connectivity index (χ1n) is 9.85. The van der Waals surface area contributed by atoms with Crippen molar-refractivity contribution in [2.45, 2.75) is 59.8 Å². The van der Waals surface area contributed by atoms with E-state index in [9.17, 15) is 0 Å². The monoisotopic (exact) mass is 352 g/mol. The summed E-state index contributed by atoms with van der Waals surface area (Å²) in [7, 11) is 0. The molecule has 2 rings (SSSR count). The molecule has 0 radical (unpaired) electrons. The number of hydrogen-bond acceptors (Lipinski definition) is 2. The lowest BCUT2D eigenvalue weighted by atomic mass is 9.93. The summed E-state index contributed by atoms with van der Waals surface area (Å²) in [4.78, 5) is 0. The van der Waals surface area contributed by atoms with Gasteiger partial charge in [0.2, 0.25) is 0 Å². The smallest absolute Gasteiger partial charge is 0.0317 e. The maximum Gasteiger partial charge on any atom is 0.0317 e. The summed E-state index contributed by atoms with van der Waals surface area (Å²) in [6.45, 7) is 9.19. The number of unbranched alkanes of at least 4 members (excludes halogenated alkanes) is 2. The van der Waals surface area contributed by atoms with Gasteiger partial charge in [-0.2, -0.15) is 0 Å². The van der Waals surface area contributed by atoms with E-state index in [0.717, 1.165) is 18.7 Å². The summed E-state index contributed by atoms with van der Waals surface area (Å²) in [6.07, 6.45) is 8.20. The number of nitrogens with two attached hydrogens (primary N) is 2. The van der Waals surface area contributed by atoms with Crippen molar-refractivity contribution in [3.05, 3.63) is 70.8 Å². The highest BCUT2D eigenvalue weighted by molar-refractivity contribution is 5.69. The molecule has 26 heavy (non-hydrogen) atoms. The molecule has 0 aliphatic heterocycles. The molecule has 0 spiro atoms. The second-order valence-corrected chi connectivity index (χ2v) is 6.74. The van der Waals surface area contributed by atoms with Crippen molar-refractivity contribution in [2.24, 2.45) is 5.73 Å². The molecule has 0 unspecified atom stereocenters. The average Bonchev–Trinajstić information content (AvgIpc) is 2.63. The van der Waals surface area contributed by atoms with Gasteiger partial charge in [-0.15, -0.1) is 0 Å². The number of benzene rings is 2. The van der Waals surface area contributed by atoms with E-state index in [-0.39, 0.29) is 0 Å². The van der Waals surface area contributed by atoms with Gasteiger partial charge in [-0.25, -0.2) is 0 Å². The van der Waals surface area contributed by atoms with E-state index in [2.05, 4.69) is 63.2 Å². The van der Waals surface area contributed by atoms with Crippen LogP contribution in [-0.4, -0.2) is 6.54 Å². The highest BCUT2D eigenvalue weighted by Crippen LogP contribution is 2.24. The molecule has 0 saturated carbocycles. The molecular weight excluding hydrogens is 316 g/mol. The Bertz CT molecular complexity index is 686. The molecule has 2 aromatic rings. The van der Waals surface area contributed by atoms with Crippen molar-refractivity contribution < 1.29 is 0 Å². The van der Waals surface area contributed by atoms with Crippen LogP contribution in [0, 0.1) is 6.92 Å². The summed E-state index contributed by atoms with van der Waals surface area (Å²) in [5.41, 5.74) is 18.4. The van der Waals surface area contributed by atoms with Gasteiger partial charge < -0.3 is 11.5 Å². The topological polar surface area (TPSA) is 52.0 Å². The minimum atomic E-state index is 0.750. The Morgan fingerprint density at radius 1 is 1.04 bits per heavy atom. The van der Waals surface area contributed by atoms with Crippen molar-refractivity contribution in [1.82, 2.24) is 0 Å². The number of nitrogen functional groups attached to an aromatic ring is 1. The predicted molar refractivity (Wildman–Crippen MR) is 117 cm³/mol. The van der Waals surface area contributed by atoms with Crippen molar-refractivity contribution in [3.63, 3.8) is 0 Å². The zero-order valence-electron chi connectivity index (χ0n) is 17.0. The SMILES string of the molecule is C/C=C(\Cc1cc(N)ccc1C)c1cccc(CCCCC)c1.CCN. The first kappa shape index (κ1) is 22.0. The highest BCUT2D eigenvalue weighted by atomic mass is 14.5. The van der Waals surface area contributed by atoms with E-state index in [4.69, 9.17) is 11.5 Å². The van der Waals surface area contributed by atoms with E-state index in [1.807, 2.05) is 13.0 Å².